The molecule has 6 heteroatoms. The van der Waals surface area contributed by atoms with Crippen LogP contribution < -0.4 is 9.64 Å². The molecule has 144 valence electrons. The number of hydrogen-bond acceptors (Lipinski definition) is 4. The number of carbonyl (C=O) groups excluding carboxylic acids is 1. The molecule has 1 aromatic carbocycles. The Labute approximate surface area is 159 Å². The summed E-state index contributed by atoms with van der Waals surface area (Å²) in [5, 5.41) is 0. The number of carbonyl (C=O) groups is 1. The number of benzene rings is 1. The number of rotatable bonds is 2. The van der Waals surface area contributed by atoms with Gasteiger partial charge < -0.3 is 9.47 Å². The van der Waals surface area contributed by atoms with Gasteiger partial charge in [-0.15, -0.1) is 0 Å². The zero-order valence-corrected chi connectivity index (χ0v) is 16.4. The molecule has 0 bridgehead atoms. The van der Waals surface area contributed by atoms with Gasteiger partial charge in [0.25, 0.3) is 0 Å². The Morgan fingerprint density at radius 3 is 2.56 bits per heavy atom. The summed E-state index contributed by atoms with van der Waals surface area (Å²) in [6.07, 6.45) is 1.86. The third-order valence-electron chi connectivity index (χ3n) is 4.03. The Hall–Kier alpha value is -2.63. The average molecular weight is 372 g/mol. The van der Waals surface area contributed by atoms with E-state index in [1.54, 1.807) is 23.2 Å². The zero-order chi connectivity index (χ0) is 19.8. The average Bonchev–Trinajstić information content (AvgIpc) is 2.54. The van der Waals surface area contributed by atoms with Gasteiger partial charge >= 0.3 is 6.09 Å². The van der Waals surface area contributed by atoms with Gasteiger partial charge in [-0.3, -0.25) is 4.90 Å². The van der Waals surface area contributed by atoms with Crippen LogP contribution in [0.15, 0.2) is 36.5 Å². The molecule has 0 saturated carbocycles. The van der Waals surface area contributed by atoms with Gasteiger partial charge in [-0.25, -0.2) is 14.2 Å². The second-order valence-corrected chi connectivity index (χ2v) is 8.40. The molecule has 0 radical (unpaired) electrons. The van der Waals surface area contributed by atoms with E-state index in [1.807, 2.05) is 40.7 Å². The molecule has 1 aliphatic rings. The van der Waals surface area contributed by atoms with Crippen molar-refractivity contribution in [3.63, 3.8) is 0 Å². The molecule has 1 amide bonds. The van der Waals surface area contributed by atoms with Crippen LogP contribution in [0.3, 0.4) is 0 Å². The van der Waals surface area contributed by atoms with Crippen LogP contribution in [0.1, 0.15) is 45.7 Å². The molecule has 2 aromatic rings. The fourth-order valence-electron chi connectivity index (χ4n) is 2.93. The maximum absolute atomic E-state index is 13.1. The highest BCUT2D eigenvalue weighted by Crippen LogP contribution is 2.37. The number of nitrogens with zero attached hydrogens (tertiary/aromatic N) is 2. The van der Waals surface area contributed by atoms with Crippen LogP contribution in [0.2, 0.25) is 0 Å². The van der Waals surface area contributed by atoms with Gasteiger partial charge in [-0.1, -0.05) is 12.1 Å². The number of aromatic nitrogens is 1. The van der Waals surface area contributed by atoms with Crippen LogP contribution in [0.5, 0.6) is 5.88 Å². The maximum Gasteiger partial charge on any atom is 0.415 e. The molecule has 1 aromatic heterocycles. The fourth-order valence-corrected chi connectivity index (χ4v) is 2.93. The van der Waals surface area contributed by atoms with Gasteiger partial charge in [0.2, 0.25) is 5.88 Å². The molecule has 0 saturated heterocycles. The predicted molar refractivity (Wildman–Crippen MR) is 102 cm³/mol. The van der Waals surface area contributed by atoms with Crippen LogP contribution in [-0.2, 0) is 11.2 Å². The van der Waals surface area contributed by atoms with E-state index in [9.17, 15) is 9.18 Å². The number of amides is 1. The van der Waals surface area contributed by atoms with Crippen LogP contribution in [0.4, 0.5) is 14.9 Å². The molecular formula is C21H25FN2O3. The third kappa shape index (κ3) is 4.76. The van der Waals surface area contributed by atoms with E-state index in [4.69, 9.17) is 9.47 Å². The van der Waals surface area contributed by atoms with Crippen LogP contribution in [0, 0.1) is 5.82 Å². The molecule has 1 aliphatic heterocycles. The molecular weight excluding hydrogens is 347 g/mol. The van der Waals surface area contributed by atoms with E-state index in [0.29, 0.717) is 24.5 Å². The first-order valence-electron chi connectivity index (χ1n) is 8.95. The number of hydrogen-bond donors (Lipinski definition) is 0. The smallest absolute Gasteiger partial charge is 0.415 e. The lowest BCUT2D eigenvalue weighted by Gasteiger charge is -2.39. The highest BCUT2D eigenvalue weighted by Gasteiger charge is 2.38. The van der Waals surface area contributed by atoms with Crippen LogP contribution in [0.25, 0.3) is 0 Å². The first-order chi connectivity index (χ1) is 12.5. The van der Waals surface area contributed by atoms with Crippen molar-refractivity contribution in [3.8, 4) is 5.88 Å². The van der Waals surface area contributed by atoms with Crippen molar-refractivity contribution in [1.29, 1.82) is 0 Å². The van der Waals surface area contributed by atoms with Crippen molar-refractivity contribution < 1.29 is 18.7 Å². The molecule has 5 nitrogen and oxygen atoms in total. The predicted octanol–water partition coefficient (Wildman–Crippen LogP) is 4.72. The minimum atomic E-state index is -0.598. The van der Waals surface area contributed by atoms with Crippen LogP contribution >= 0.6 is 0 Å². The fraction of sp³-hybridized carbons (Fsp3) is 0.429. The first kappa shape index (κ1) is 19.1. The Morgan fingerprint density at radius 1 is 1.26 bits per heavy atom. The summed E-state index contributed by atoms with van der Waals surface area (Å²) in [5.74, 6) is 0.133. The maximum atomic E-state index is 13.1. The number of ether oxygens (including phenoxy) is 2. The van der Waals surface area contributed by atoms with Gasteiger partial charge in [0.1, 0.15) is 22.7 Å². The monoisotopic (exact) mass is 372 g/mol. The van der Waals surface area contributed by atoms with Gasteiger partial charge in [-0.05, 0) is 70.4 Å². The van der Waals surface area contributed by atoms with Crippen molar-refractivity contribution in [2.24, 2.45) is 0 Å². The minimum absolute atomic E-state index is 0.269. The highest BCUT2D eigenvalue weighted by atomic mass is 19.1. The molecule has 0 N–H and O–H groups in total. The van der Waals surface area contributed by atoms with Gasteiger partial charge in [0, 0.05) is 6.20 Å². The van der Waals surface area contributed by atoms with Gasteiger partial charge in [0.15, 0.2) is 0 Å². The molecule has 0 atom stereocenters. The summed E-state index contributed by atoms with van der Waals surface area (Å²) < 4.78 is 24.6. The number of halogens is 1. The molecule has 0 spiro atoms. The number of fused-ring (bicyclic) bond motifs is 1. The number of anilines is 1. The van der Waals surface area contributed by atoms with Crippen molar-refractivity contribution in [1.82, 2.24) is 4.98 Å². The largest absolute Gasteiger partial charge is 0.468 e. The van der Waals surface area contributed by atoms with Crippen LogP contribution in [-0.4, -0.2) is 28.8 Å². The summed E-state index contributed by atoms with van der Waals surface area (Å²) in [6.45, 7) is 9.67. The van der Waals surface area contributed by atoms with Crippen molar-refractivity contribution in [2.75, 3.05) is 11.4 Å². The molecule has 0 fully saturated rings. The first-order valence-corrected chi connectivity index (χ1v) is 8.95. The second-order valence-electron chi connectivity index (χ2n) is 8.40. The Balaban J connectivity index is 1.92. The normalized spacial score (nSPS) is 15.7. The van der Waals surface area contributed by atoms with Crippen molar-refractivity contribution in [3.05, 3.63) is 53.5 Å². The summed E-state index contributed by atoms with van der Waals surface area (Å²) in [7, 11) is 0. The van der Waals surface area contributed by atoms with E-state index in [2.05, 4.69) is 4.98 Å². The Morgan fingerprint density at radius 2 is 1.93 bits per heavy atom. The van der Waals surface area contributed by atoms with E-state index in [-0.39, 0.29) is 5.82 Å². The van der Waals surface area contributed by atoms with E-state index >= 15 is 0 Å². The minimum Gasteiger partial charge on any atom is -0.468 e. The highest BCUT2D eigenvalue weighted by molar-refractivity contribution is 5.90. The summed E-state index contributed by atoms with van der Waals surface area (Å²) in [6, 6.07) is 8.21. The number of pyridine rings is 1. The lowest BCUT2D eigenvalue weighted by Crippen LogP contribution is -2.51. The van der Waals surface area contributed by atoms with E-state index < -0.39 is 17.3 Å². The quantitative estimate of drug-likeness (QED) is 0.765. The van der Waals surface area contributed by atoms with E-state index in [1.165, 1.54) is 12.1 Å². The van der Waals surface area contributed by atoms with Gasteiger partial charge in [-0.2, -0.15) is 0 Å². The lowest BCUT2D eigenvalue weighted by atomic mass is 10.0. The van der Waals surface area contributed by atoms with Gasteiger partial charge in [0.05, 0.1) is 6.54 Å². The molecule has 27 heavy (non-hydrogen) atoms. The molecule has 2 heterocycles. The molecule has 0 unspecified atom stereocenters. The van der Waals surface area contributed by atoms with Crippen molar-refractivity contribution in [2.45, 2.75) is 52.2 Å². The topological polar surface area (TPSA) is 51.7 Å². The molecule has 3 rings (SSSR count). The summed E-state index contributed by atoms with van der Waals surface area (Å²) in [5.41, 5.74) is 1.27. The SMILES string of the molecule is CC(C)(C)OC(=O)N1CC(C)(C)Oc2ncc(Cc3ccc(F)cc3)cc21. The van der Waals surface area contributed by atoms with Crippen molar-refractivity contribution >= 4 is 11.8 Å². The Kier molecular flexibility index (Phi) is 4.84. The second kappa shape index (κ2) is 6.83. The Bertz CT molecular complexity index is 841. The van der Waals surface area contributed by atoms with E-state index in [0.717, 1.165) is 11.1 Å². The third-order valence-corrected chi connectivity index (χ3v) is 4.03. The molecule has 0 aliphatic carbocycles. The lowest BCUT2D eigenvalue weighted by molar-refractivity contribution is 0.0473. The summed E-state index contributed by atoms with van der Waals surface area (Å²) >= 11 is 0. The summed E-state index contributed by atoms with van der Waals surface area (Å²) in [4.78, 5) is 18.7. The zero-order valence-electron chi connectivity index (χ0n) is 16.4. The standard InChI is InChI=1S/C21H25FN2O3/c1-20(2,3)27-19(25)24-13-21(4,5)26-18-17(24)11-15(12-23-18)10-14-6-8-16(22)9-7-14/h6-9,11-12H,10,13H2,1-5H3.